The molecule has 20 heavy (non-hydrogen) atoms. The standard InChI is InChI=1S/C14H19N3O3/c1-16(12-5-3-2-4-6-12)13(18)15-8-7-11-9-17(10-11)14(19)20/h2-6,11H,7-10H2,1H3,(H,15,18)(H,19,20). The van der Waals surface area contributed by atoms with Crippen molar-refractivity contribution in [2.24, 2.45) is 5.92 Å². The Kier molecular flexibility index (Phi) is 4.45. The van der Waals surface area contributed by atoms with Crippen molar-refractivity contribution in [1.29, 1.82) is 0 Å². The second-order valence-corrected chi connectivity index (χ2v) is 4.97. The molecule has 1 saturated heterocycles. The molecule has 0 radical (unpaired) electrons. The maximum atomic E-state index is 11.9. The fourth-order valence-electron chi connectivity index (χ4n) is 2.18. The number of para-hydroxylation sites is 1. The lowest BCUT2D eigenvalue weighted by molar-refractivity contribution is 0.0786. The summed E-state index contributed by atoms with van der Waals surface area (Å²) in [5.41, 5.74) is 0.839. The molecule has 1 fully saturated rings. The first-order valence-electron chi connectivity index (χ1n) is 6.62. The van der Waals surface area contributed by atoms with E-state index in [4.69, 9.17) is 5.11 Å². The van der Waals surface area contributed by atoms with Gasteiger partial charge in [0.25, 0.3) is 0 Å². The van der Waals surface area contributed by atoms with Gasteiger partial charge in [-0.2, -0.15) is 0 Å². The lowest BCUT2D eigenvalue weighted by atomic mass is 9.97. The normalized spacial score (nSPS) is 14.6. The summed E-state index contributed by atoms with van der Waals surface area (Å²) in [6.07, 6.45) is -0.0629. The first kappa shape index (κ1) is 14.2. The number of anilines is 1. The fraction of sp³-hybridized carbons (Fsp3) is 0.429. The summed E-state index contributed by atoms with van der Waals surface area (Å²) in [4.78, 5) is 25.5. The highest BCUT2D eigenvalue weighted by atomic mass is 16.4. The Hall–Kier alpha value is -2.24. The van der Waals surface area contributed by atoms with Crippen LogP contribution in [0, 0.1) is 5.92 Å². The zero-order valence-corrected chi connectivity index (χ0v) is 11.5. The first-order chi connectivity index (χ1) is 9.58. The number of carbonyl (C=O) groups is 2. The van der Waals surface area contributed by atoms with Crippen LogP contribution in [0.4, 0.5) is 15.3 Å². The molecular formula is C14H19N3O3. The summed E-state index contributed by atoms with van der Waals surface area (Å²) in [6.45, 7) is 1.70. The van der Waals surface area contributed by atoms with E-state index in [9.17, 15) is 9.59 Å². The van der Waals surface area contributed by atoms with Crippen LogP contribution in [0.5, 0.6) is 0 Å². The highest BCUT2D eigenvalue weighted by Crippen LogP contribution is 2.18. The van der Waals surface area contributed by atoms with Gasteiger partial charge in [0.2, 0.25) is 0 Å². The van der Waals surface area contributed by atoms with Crippen molar-refractivity contribution in [3.63, 3.8) is 0 Å². The summed E-state index contributed by atoms with van der Waals surface area (Å²) in [6, 6.07) is 9.26. The monoisotopic (exact) mass is 277 g/mol. The molecule has 1 heterocycles. The number of amides is 3. The molecule has 3 amide bonds. The van der Waals surface area contributed by atoms with E-state index in [0.29, 0.717) is 25.6 Å². The van der Waals surface area contributed by atoms with Gasteiger partial charge in [-0.3, -0.25) is 4.90 Å². The van der Waals surface area contributed by atoms with E-state index in [1.165, 1.54) is 4.90 Å². The van der Waals surface area contributed by atoms with E-state index in [1.807, 2.05) is 30.3 Å². The molecule has 108 valence electrons. The minimum absolute atomic E-state index is 0.148. The third-order valence-electron chi connectivity index (χ3n) is 3.50. The lowest BCUT2D eigenvalue weighted by Crippen LogP contribution is -2.50. The molecule has 1 aliphatic heterocycles. The fourth-order valence-corrected chi connectivity index (χ4v) is 2.18. The molecule has 0 aliphatic carbocycles. The second kappa shape index (κ2) is 6.27. The largest absolute Gasteiger partial charge is 0.465 e. The minimum Gasteiger partial charge on any atom is -0.465 e. The Morgan fingerprint density at radius 1 is 1.35 bits per heavy atom. The zero-order valence-electron chi connectivity index (χ0n) is 11.5. The molecule has 0 atom stereocenters. The number of hydrogen-bond acceptors (Lipinski definition) is 2. The maximum absolute atomic E-state index is 11.9. The van der Waals surface area contributed by atoms with Crippen LogP contribution in [0.15, 0.2) is 30.3 Å². The number of benzene rings is 1. The third-order valence-corrected chi connectivity index (χ3v) is 3.50. The Morgan fingerprint density at radius 3 is 2.60 bits per heavy atom. The van der Waals surface area contributed by atoms with Gasteiger partial charge in [-0.05, 0) is 24.5 Å². The average Bonchev–Trinajstić information content (AvgIpc) is 2.40. The van der Waals surface area contributed by atoms with Crippen LogP contribution < -0.4 is 10.2 Å². The zero-order chi connectivity index (χ0) is 14.5. The van der Waals surface area contributed by atoms with Gasteiger partial charge in [-0.15, -0.1) is 0 Å². The van der Waals surface area contributed by atoms with Gasteiger partial charge in [0, 0.05) is 32.4 Å². The summed E-state index contributed by atoms with van der Waals surface area (Å²) in [5, 5.41) is 11.6. The summed E-state index contributed by atoms with van der Waals surface area (Å²) in [7, 11) is 1.72. The molecule has 1 aromatic rings. The van der Waals surface area contributed by atoms with Crippen molar-refractivity contribution >= 4 is 17.8 Å². The number of urea groups is 1. The lowest BCUT2D eigenvalue weighted by Gasteiger charge is -2.37. The van der Waals surface area contributed by atoms with E-state index in [0.717, 1.165) is 12.1 Å². The van der Waals surface area contributed by atoms with Gasteiger partial charge in [-0.25, -0.2) is 9.59 Å². The summed E-state index contributed by atoms with van der Waals surface area (Å²) < 4.78 is 0. The molecule has 6 nitrogen and oxygen atoms in total. The van der Waals surface area contributed by atoms with Crippen molar-refractivity contribution in [3.8, 4) is 0 Å². The van der Waals surface area contributed by atoms with Crippen molar-refractivity contribution in [2.45, 2.75) is 6.42 Å². The van der Waals surface area contributed by atoms with Crippen LogP contribution in [0.2, 0.25) is 0 Å². The quantitative estimate of drug-likeness (QED) is 0.882. The van der Waals surface area contributed by atoms with Gasteiger partial charge < -0.3 is 15.3 Å². The number of carbonyl (C=O) groups excluding carboxylic acids is 1. The van der Waals surface area contributed by atoms with Gasteiger partial charge in [0.15, 0.2) is 0 Å². The molecule has 0 aromatic heterocycles. The van der Waals surface area contributed by atoms with Crippen LogP contribution in [0.3, 0.4) is 0 Å². The summed E-state index contributed by atoms with van der Waals surface area (Å²) >= 11 is 0. The maximum Gasteiger partial charge on any atom is 0.407 e. The number of rotatable bonds is 4. The molecule has 2 rings (SSSR count). The van der Waals surface area contributed by atoms with Crippen molar-refractivity contribution in [2.75, 3.05) is 31.6 Å². The number of likely N-dealkylation sites (tertiary alicyclic amines) is 1. The van der Waals surface area contributed by atoms with E-state index in [2.05, 4.69) is 5.32 Å². The Balaban J connectivity index is 1.67. The highest BCUT2D eigenvalue weighted by Gasteiger charge is 2.29. The smallest absolute Gasteiger partial charge is 0.407 e. The molecule has 6 heteroatoms. The number of carboxylic acid groups (broad SMARTS) is 1. The highest BCUT2D eigenvalue weighted by molar-refractivity contribution is 5.91. The van der Waals surface area contributed by atoms with Crippen molar-refractivity contribution in [1.82, 2.24) is 10.2 Å². The molecule has 0 saturated carbocycles. The van der Waals surface area contributed by atoms with Crippen molar-refractivity contribution in [3.05, 3.63) is 30.3 Å². The van der Waals surface area contributed by atoms with Crippen LogP contribution >= 0.6 is 0 Å². The predicted octanol–water partition coefficient (Wildman–Crippen LogP) is 1.83. The van der Waals surface area contributed by atoms with E-state index in [1.54, 1.807) is 11.9 Å². The summed E-state index contributed by atoms with van der Waals surface area (Å²) in [5.74, 6) is 0.355. The molecule has 0 unspecified atom stereocenters. The predicted molar refractivity (Wildman–Crippen MR) is 75.9 cm³/mol. The molecule has 0 spiro atoms. The molecule has 0 bridgehead atoms. The first-order valence-corrected chi connectivity index (χ1v) is 6.62. The Morgan fingerprint density at radius 2 is 2.00 bits per heavy atom. The second-order valence-electron chi connectivity index (χ2n) is 4.97. The molecular weight excluding hydrogens is 258 g/mol. The van der Waals surface area contributed by atoms with Gasteiger partial charge in [0.05, 0.1) is 0 Å². The topological polar surface area (TPSA) is 72.9 Å². The van der Waals surface area contributed by atoms with E-state index >= 15 is 0 Å². The number of nitrogens with zero attached hydrogens (tertiary/aromatic N) is 2. The third kappa shape index (κ3) is 3.40. The SMILES string of the molecule is CN(C(=O)NCCC1CN(C(=O)O)C1)c1ccccc1. The van der Waals surface area contributed by atoms with Gasteiger partial charge in [-0.1, -0.05) is 18.2 Å². The van der Waals surface area contributed by atoms with Gasteiger partial charge >= 0.3 is 12.1 Å². The van der Waals surface area contributed by atoms with Gasteiger partial charge in [0.1, 0.15) is 0 Å². The van der Waals surface area contributed by atoms with E-state index < -0.39 is 6.09 Å². The van der Waals surface area contributed by atoms with Crippen LogP contribution in [0.1, 0.15) is 6.42 Å². The number of hydrogen-bond donors (Lipinski definition) is 2. The van der Waals surface area contributed by atoms with Crippen LogP contribution in [-0.2, 0) is 0 Å². The average molecular weight is 277 g/mol. The van der Waals surface area contributed by atoms with Crippen molar-refractivity contribution < 1.29 is 14.7 Å². The van der Waals surface area contributed by atoms with E-state index in [-0.39, 0.29) is 6.03 Å². The van der Waals surface area contributed by atoms with Crippen LogP contribution in [0.25, 0.3) is 0 Å². The minimum atomic E-state index is -0.867. The Labute approximate surface area is 118 Å². The molecule has 2 N–H and O–H groups in total. The Bertz CT molecular complexity index is 472. The van der Waals surface area contributed by atoms with Crippen LogP contribution in [-0.4, -0.2) is 48.8 Å². The number of nitrogens with one attached hydrogen (secondary N) is 1. The molecule has 1 aromatic carbocycles. The molecule has 1 aliphatic rings.